The fourth-order valence-electron chi connectivity index (χ4n) is 1.75. The molecule has 0 aliphatic rings. The van der Waals surface area contributed by atoms with Gasteiger partial charge in [-0.3, -0.25) is 14.8 Å². The molecule has 2 aromatic carbocycles. The van der Waals surface area contributed by atoms with E-state index in [9.17, 15) is 27.3 Å². The predicted octanol–water partition coefficient (Wildman–Crippen LogP) is 2.69. The summed E-state index contributed by atoms with van der Waals surface area (Å²) >= 11 is 0. The van der Waals surface area contributed by atoms with Crippen molar-refractivity contribution in [2.45, 2.75) is 0 Å². The fraction of sp³-hybridized carbons (Fsp3) is 0.143. The Balaban J connectivity index is 1.97. The molecule has 0 atom stereocenters. The number of nitro benzene ring substituents is 1. The molecular weight excluding hydrogens is 346 g/mol. The Kier molecular flexibility index (Phi) is 5.29. The molecule has 0 bridgehead atoms. The maximum atomic E-state index is 13.2. The van der Waals surface area contributed by atoms with Crippen LogP contribution in [0.5, 0.6) is 5.75 Å². The van der Waals surface area contributed by atoms with Crippen LogP contribution >= 0.6 is 0 Å². The number of hydrogen-bond acceptors (Lipinski definition) is 5. The lowest BCUT2D eigenvalue weighted by Gasteiger charge is -2.09. The summed E-state index contributed by atoms with van der Waals surface area (Å²) in [6.07, 6.45) is 0. The number of nitrogens with zero attached hydrogens (tertiary/aromatic N) is 1. The van der Waals surface area contributed by atoms with Crippen molar-refractivity contribution >= 4 is 21.4 Å². The van der Waals surface area contributed by atoms with E-state index >= 15 is 0 Å². The third-order valence-corrected chi connectivity index (χ3v) is 4.10. The summed E-state index contributed by atoms with van der Waals surface area (Å²) in [6, 6.07) is 7.68. The zero-order valence-electron chi connectivity index (χ0n) is 12.1. The molecule has 0 fully saturated rings. The van der Waals surface area contributed by atoms with Crippen molar-refractivity contribution in [3.8, 4) is 5.75 Å². The van der Waals surface area contributed by atoms with Gasteiger partial charge in [0.05, 0.1) is 10.6 Å². The number of nitrogens with one attached hydrogen (secondary N) is 1. The minimum absolute atomic E-state index is 0.134. The van der Waals surface area contributed by atoms with Crippen LogP contribution in [0.15, 0.2) is 42.5 Å². The van der Waals surface area contributed by atoms with Gasteiger partial charge < -0.3 is 4.74 Å². The van der Waals surface area contributed by atoms with Gasteiger partial charge in [-0.15, -0.1) is 0 Å². The quantitative estimate of drug-likeness (QED) is 0.606. The second kappa shape index (κ2) is 7.21. The second-order valence-corrected chi connectivity index (χ2v) is 6.49. The summed E-state index contributed by atoms with van der Waals surface area (Å²) in [7, 11) is -3.86. The number of nitro groups is 1. The normalized spacial score (nSPS) is 11.1. The van der Waals surface area contributed by atoms with Crippen molar-refractivity contribution in [1.29, 1.82) is 0 Å². The lowest BCUT2D eigenvalue weighted by Crippen LogP contribution is -2.21. The fourth-order valence-corrected chi connectivity index (χ4v) is 2.64. The van der Waals surface area contributed by atoms with Crippen LogP contribution in [-0.4, -0.2) is 25.7 Å². The van der Waals surface area contributed by atoms with E-state index < -0.39 is 38.0 Å². The van der Waals surface area contributed by atoms with E-state index in [1.54, 1.807) is 0 Å². The molecule has 2 rings (SSSR count). The van der Waals surface area contributed by atoms with E-state index in [1.807, 2.05) is 0 Å². The maximum Gasteiger partial charge on any atom is 0.306 e. The third kappa shape index (κ3) is 4.88. The summed E-state index contributed by atoms with van der Waals surface area (Å²) in [5.41, 5.74) is -0.970. The standard InChI is InChI=1S/C14H12F2N2O5S/c15-10-1-4-12(5-2-10)23-7-8-24(21,22)17-11-3-6-13(16)14(9-11)18(19)20/h1-6,9,17H,7-8H2. The molecule has 0 aliphatic carbocycles. The highest BCUT2D eigenvalue weighted by molar-refractivity contribution is 7.92. The number of anilines is 1. The van der Waals surface area contributed by atoms with Crippen molar-refractivity contribution in [3.05, 3.63) is 64.2 Å². The Morgan fingerprint density at radius 3 is 2.42 bits per heavy atom. The number of rotatable bonds is 7. The van der Waals surface area contributed by atoms with E-state index in [2.05, 4.69) is 4.72 Å². The first-order valence-electron chi connectivity index (χ1n) is 6.60. The molecule has 0 spiro atoms. The molecule has 0 heterocycles. The number of benzene rings is 2. The maximum absolute atomic E-state index is 13.2. The minimum Gasteiger partial charge on any atom is -0.492 e. The van der Waals surface area contributed by atoms with Gasteiger partial charge in [-0.1, -0.05) is 0 Å². The van der Waals surface area contributed by atoms with Crippen LogP contribution in [0.1, 0.15) is 0 Å². The molecule has 128 valence electrons. The van der Waals surface area contributed by atoms with Crippen molar-refractivity contribution in [1.82, 2.24) is 0 Å². The number of sulfonamides is 1. The summed E-state index contributed by atoms with van der Waals surface area (Å²) in [4.78, 5) is 9.68. The van der Waals surface area contributed by atoms with Crippen molar-refractivity contribution in [2.75, 3.05) is 17.1 Å². The molecule has 1 N–H and O–H groups in total. The molecule has 0 radical (unpaired) electrons. The zero-order chi connectivity index (χ0) is 17.7. The van der Waals surface area contributed by atoms with Crippen LogP contribution < -0.4 is 9.46 Å². The van der Waals surface area contributed by atoms with E-state index in [0.29, 0.717) is 5.75 Å². The highest BCUT2D eigenvalue weighted by Gasteiger charge is 2.17. The lowest BCUT2D eigenvalue weighted by molar-refractivity contribution is -0.387. The first-order valence-corrected chi connectivity index (χ1v) is 8.25. The highest BCUT2D eigenvalue weighted by Crippen LogP contribution is 2.22. The van der Waals surface area contributed by atoms with Crippen LogP contribution in [0.3, 0.4) is 0 Å². The SMILES string of the molecule is O=[N+]([O-])c1cc(NS(=O)(=O)CCOc2ccc(F)cc2)ccc1F. The van der Waals surface area contributed by atoms with Gasteiger partial charge in [0.15, 0.2) is 0 Å². The molecule has 0 unspecified atom stereocenters. The van der Waals surface area contributed by atoms with Crippen molar-refractivity contribution in [3.63, 3.8) is 0 Å². The van der Waals surface area contributed by atoms with Crippen LogP contribution in [0.2, 0.25) is 0 Å². The van der Waals surface area contributed by atoms with Crippen molar-refractivity contribution < 1.29 is 26.9 Å². The van der Waals surface area contributed by atoms with Gasteiger partial charge >= 0.3 is 5.69 Å². The van der Waals surface area contributed by atoms with Gasteiger partial charge in [-0.25, -0.2) is 12.8 Å². The van der Waals surface area contributed by atoms with E-state index in [0.717, 1.165) is 18.2 Å². The van der Waals surface area contributed by atoms with Gasteiger partial charge in [0.25, 0.3) is 0 Å². The van der Waals surface area contributed by atoms with Crippen LogP contribution in [0, 0.1) is 21.7 Å². The number of halogens is 2. The van der Waals surface area contributed by atoms with Gasteiger partial charge in [0, 0.05) is 6.07 Å². The average molecular weight is 358 g/mol. The Morgan fingerprint density at radius 1 is 1.12 bits per heavy atom. The summed E-state index contributed by atoms with van der Waals surface area (Å²) in [6.45, 7) is -0.218. The molecule has 0 saturated carbocycles. The summed E-state index contributed by atoms with van der Waals surface area (Å²) in [5.74, 6) is -1.67. The molecular formula is C14H12F2N2O5S. The van der Waals surface area contributed by atoms with E-state index in [4.69, 9.17) is 4.74 Å². The Bertz CT molecular complexity index is 841. The molecule has 7 nitrogen and oxygen atoms in total. The first-order chi connectivity index (χ1) is 11.3. The lowest BCUT2D eigenvalue weighted by atomic mass is 10.3. The number of ether oxygens (including phenoxy) is 1. The molecule has 10 heteroatoms. The molecule has 24 heavy (non-hydrogen) atoms. The Morgan fingerprint density at radius 2 is 1.79 bits per heavy atom. The van der Waals surface area contributed by atoms with Gasteiger partial charge in [-0.05, 0) is 36.4 Å². The monoisotopic (exact) mass is 358 g/mol. The Labute approximate surface area is 136 Å². The molecule has 0 amide bonds. The zero-order valence-corrected chi connectivity index (χ0v) is 12.9. The van der Waals surface area contributed by atoms with E-state index in [-0.39, 0.29) is 12.3 Å². The third-order valence-electron chi connectivity index (χ3n) is 2.85. The predicted molar refractivity (Wildman–Crippen MR) is 82.4 cm³/mol. The van der Waals surface area contributed by atoms with Crippen LogP contribution in [0.4, 0.5) is 20.2 Å². The van der Waals surface area contributed by atoms with Crippen molar-refractivity contribution in [2.24, 2.45) is 0 Å². The topological polar surface area (TPSA) is 98.5 Å². The summed E-state index contributed by atoms with van der Waals surface area (Å²) in [5, 5.41) is 10.6. The first kappa shape index (κ1) is 17.6. The van der Waals surface area contributed by atoms with Gasteiger partial charge in [0.1, 0.15) is 23.9 Å². The largest absolute Gasteiger partial charge is 0.492 e. The molecule has 0 saturated heterocycles. The van der Waals surface area contributed by atoms with Crippen LogP contribution in [-0.2, 0) is 10.0 Å². The summed E-state index contributed by atoms with van der Waals surface area (Å²) < 4.78 is 57.0. The highest BCUT2D eigenvalue weighted by atomic mass is 32.2. The average Bonchev–Trinajstić information content (AvgIpc) is 2.50. The van der Waals surface area contributed by atoms with Gasteiger partial charge in [0.2, 0.25) is 15.8 Å². The Hall–Kier alpha value is -2.75. The second-order valence-electron chi connectivity index (χ2n) is 4.65. The molecule has 0 aromatic heterocycles. The number of hydrogen-bond donors (Lipinski definition) is 1. The molecule has 2 aromatic rings. The molecule has 0 aliphatic heterocycles. The van der Waals surface area contributed by atoms with E-state index in [1.165, 1.54) is 24.3 Å². The van der Waals surface area contributed by atoms with Crippen LogP contribution in [0.25, 0.3) is 0 Å². The minimum atomic E-state index is -3.86. The smallest absolute Gasteiger partial charge is 0.306 e. The van der Waals surface area contributed by atoms with Gasteiger partial charge in [-0.2, -0.15) is 4.39 Å².